The molecule has 0 saturated heterocycles. The van der Waals surface area contributed by atoms with Crippen molar-refractivity contribution in [3.63, 3.8) is 0 Å². The van der Waals surface area contributed by atoms with Crippen molar-refractivity contribution in [3.8, 4) is 0 Å². The van der Waals surface area contributed by atoms with Crippen LogP contribution in [0.5, 0.6) is 0 Å². The van der Waals surface area contributed by atoms with Crippen LogP contribution in [-0.2, 0) is 11.3 Å². The molecule has 1 aliphatic rings. The average Bonchev–Trinajstić information content (AvgIpc) is 2.85. The van der Waals surface area contributed by atoms with Crippen LogP contribution in [-0.4, -0.2) is 39.1 Å². The van der Waals surface area contributed by atoms with Gasteiger partial charge in [-0.1, -0.05) is 0 Å². The van der Waals surface area contributed by atoms with Crippen molar-refractivity contribution in [2.45, 2.75) is 6.54 Å². The van der Waals surface area contributed by atoms with E-state index in [9.17, 15) is 28.9 Å². The molecule has 0 aliphatic carbocycles. The summed E-state index contributed by atoms with van der Waals surface area (Å²) in [4.78, 5) is 51.0. The topological polar surface area (TPSA) is 123 Å². The molecule has 1 N–H and O–H groups in total. The average molecular weight is 358 g/mol. The lowest BCUT2D eigenvalue weighted by Gasteiger charge is -2.13. The van der Waals surface area contributed by atoms with Gasteiger partial charge in [-0.2, -0.15) is 0 Å². The highest BCUT2D eigenvalue weighted by Crippen LogP contribution is 2.26. The molecule has 0 fully saturated rings. The van der Waals surface area contributed by atoms with Crippen molar-refractivity contribution >= 4 is 23.4 Å². The first-order chi connectivity index (χ1) is 12.4. The predicted octanol–water partition coefficient (Wildman–Crippen LogP) is 1.04. The third kappa shape index (κ3) is 3.11. The molecule has 0 unspecified atom stereocenters. The number of benzene rings is 1. The summed E-state index contributed by atoms with van der Waals surface area (Å²) in [6.07, 6.45) is 1.36. The van der Waals surface area contributed by atoms with Gasteiger partial charge in [0.1, 0.15) is 12.4 Å². The van der Waals surface area contributed by atoms with Gasteiger partial charge in [0.05, 0.1) is 28.3 Å². The summed E-state index contributed by atoms with van der Waals surface area (Å²) < 4.78 is 13.5. The summed E-state index contributed by atoms with van der Waals surface area (Å²) in [5.41, 5.74) is -0.461. The van der Waals surface area contributed by atoms with E-state index in [4.69, 9.17) is 0 Å². The van der Waals surface area contributed by atoms with Gasteiger partial charge < -0.3 is 5.32 Å². The summed E-state index contributed by atoms with van der Waals surface area (Å²) in [5.74, 6) is -2.81. The Labute approximate surface area is 145 Å². The number of nitrogens with zero attached hydrogens (tertiary/aromatic N) is 3. The number of nitrogens with one attached hydrogen (secondary N) is 1. The second-order valence-electron chi connectivity index (χ2n) is 5.39. The minimum Gasteiger partial charge on any atom is -0.349 e. The Morgan fingerprint density at radius 1 is 1.23 bits per heavy atom. The number of rotatable bonds is 5. The number of nitro groups is 1. The summed E-state index contributed by atoms with van der Waals surface area (Å²) in [7, 11) is 0. The number of fused-ring (bicyclic) bond motifs is 1. The highest BCUT2D eigenvalue weighted by atomic mass is 19.1. The number of aromatic nitrogens is 1. The fourth-order valence-corrected chi connectivity index (χ4v) is 2.47. The highest BCUT2D eigenvalue weighted by molar-refractivity contribution is 6.22. The van der Waals surface area contributed by atoms with Crippen LogP contribution in [0.3, 0.4) is 0 Å². The molecule has 1 aromatic heterocycles. The molecule has 1 aromatic carbocycles. The summed E-state index contributed by atoms with van der Waals surface area (Å²) >= 11 is 0. The van der Waals surface area contributed by atoms with Crippen LogP contribution >= 0.6 is 0 Å². The van der Waals surface area contributed by atoms with Crippen molar-refractivity contribution in [2.75, 3.05) is 6.54 Å². The Bertz CT molecular complexity index is 946. The summed E-state index contributed by atoms with van der Waals surface area (Å²) in [5, 5.41) is 13.2. The van der Waals surface area contributed by atoms with E-state index >= 15 is 0 Å². The van der Waals surface area contributed by atoms with E-state index in [2.05, 4.69) is 10.3 Å². The Kier molecular flexibility index (Phi) is 4.40. The van der Waals surface area contributed by atoms with Crippen LogP contribution < -0.4 is 5.32 Å². The van der Waals surface area contributed by atoms with Crippen molar-refractivity contribution in [2.24, 2.45) is 0 Å². The first kappa shape index (κ1) is 17.1. The lowest BCUT2D eigenvalue weighted by atomic mass is 10.1. The number of carbonyl (C=O) groups excluding carboxylic acids is 3. The van der Waals surface area contributed by atoms with Gasteiger partial charge >= 0.3 is 0 Å². The fraction of sp³-hybridized carbons (Fsp3) is 0.125. The first-order valence-electron chi connectivity index (χ1n) is 7.39. The van der Waals surface area contributed by atoms with Crippen molar-refractivity contribution in [1.82, 2.24) is 15.2 Å². The van der Waals surface area contributed by atoms with Crippen LogP contribution in [0.1, 0.15) is 26.4 Å². The molecular weight excluding hydrogens is 347 g/mol. The van der Waals surface area contributed by atoms with E-state index in [1.54, 1.807) is 0 Å². The third-order valence-electron chi connectivity index (χ3n) is 3.75. The SMILES string of the molecule is O=C(CN1C(=O)c2ccc([N+](=O)[O-])cc2C1=O)NCc1ncccc1F. The molecule has 0 bridgehead atoms. The lowest BCUT2D eigenvalue weighted by Crippen LogP contribution is -2.40. The standard InChI is InChI=1S/C16H11FN4O5/c17-12-2-1-5-18-13(12)7-19-14(22)8-20-15(23)10-4-3-9(21(25)26)6-11(10)16(20)24/h1-6H,7-8H2,(H,19,22). The number of hydrogen-bond donors (Lipinski definition) is 1. The van der Waals surface area contributed by atoms with Crippen LogP contribution in [0.4, 0.5) is 10.1 Å². The summed E-state index contributed by atoms with van der Waals surface area (Å²) in [6, 6.07) is 5.87. The Balaban J connectivity index is 1.69. The maximum absolute atomic E-state index is 13.5. The van der Waals surface area contributed by atoms with E-state index in [1.807, 2.05) is 0 Å². The highest BCUT2D eigenvalue weighted by Gasteiger charge is 2.37. The molecule has 2 aromatic rings. The number of non-ortho nitro benzene ring substituents is 1. The van der Waals surface area contributed by atoms with E-state index < -0.39 is 35.0 Å². The van der Waals surface area contributed by atoms with Gasteiger partial charge in [-0.05, 0) is 18.2 Å². The Hall–Kier alpha value is -3.69. The lowest BCUT2D eigenvalue weighted by molar-refractivity contribution is -0.384. The number of carbonyl (C=O) groups is 3. The monoisotopic (exact) mass is 358 g/mol. The normalized spacial score (nSPS) is 12.9. The Morgan fingerprint density at radius 3 is 2.65 bits per heavy atom. The molecular formula is C16H11FN4O5. The number of hydrogen-bond acceptors (Lipinski definition) is 6. The molecule has 0 saturated carbocycles. The maximum Gasteiger partial charge on any atom is 0.270 e. The van der Waals surface area contributed by atoms with Crippen LogP contribution in [0.25, 0.3) is 0 Å². The van der Waals surface area contributed by atoms with Crippen molar-refractivity contribution < 1.29 is 23.7 Å². The summed E-state index contributed by atoms with van der Waals surface area (Å²) in [6.45, 7) is -0.797. The van der Waals surface area contributed by atoms with Gasteiger partial charge in [0.15, 0.2) is 0 Å². The molecule has 26 heavy (non-hydrogen) atoms. The molecule has 0 atom stereocenters. The van der Waals surface area contributed by atoms with E-state index in [0.717, 1.165) is 12.1 Å². The van der Waals surface area contributed by atoms with Gasteiger partial charge in [0.25, 0.3) is 17.5 Å². The smallest absolute Gasteiger partial charge is 0.270 e. The zero-order valence-corrected chi connectivity index (χ0v) is 13.1. The van der Waals surface area contributed by atoms with Crippen LogP contribution in [0, 0.1) is 15.9 Å². The Morgan fingerprint density at radius 2 is 1.96 bits per heavy atom. The molecule has 10 heteroatoms. The zero-order chi connectivity index (χ0) is 18.8. The van der Waals surface area contributed by atoms with Crippen LogP contribution in [0.2, 0.25) is 0 Å². The van der Waals surface area contributed by atoms with E-state index in [0.29, 0.717) is 4.90 Å². The molecule has 3 amide bonds. The second-order valence-corrected chi connectivity index (χ2v) is 5.39. The first-order valence-corrected chi connectivity index (χ1v) is 7.39. The van der Waals surface area contributed by atoms with Gasteiger partial charge in [0.2, 0.25) is 5.91 Å². The fourth-order valence-electron chi connectivity index (χ4n) is 2.47. The molecule has 9 nitrogen and oxygen atoms in total. The second kappa shape index (κ2) is 6.67. The maximum atomic E-state index is 13.5. The number of halogens is 1. The molecule has 1 aliphatic heterocycles. The number of nitro benzene ring substituents is 1. The van der Waals surface area contributed by atoms with Gasteiger partial charge in [-0.25, -0.2) is 4.39 Å². The van der Waals surface area contributed by atoms with Gasteiger partial charge in [-0.3, -0.25) is 34.4 Å². The minimum atomic E-state index is -0.798. The molecule has 132 valence electrons. The van der Waals surface area contributed by atoms with E-state index in [-0.39, 0.29) is 29.1 Å². The van der Waals surface area contributed by atoms with Crippen LogP contribution in [0.15, 0.2) is 36.5 Å². The van der Waals surface area contributed by atoms with Gasteiger partial charge in [-0.15, -0.1) is 0 Å². The predicted molar refractivity (Wildman–Crippen MR) is 84.5 cm³/mol. The third-order valence-corrected chi connectivity index (χ3v) is 3.75. The quantitative estimate of drug-likeness (QED) is 0.484. The largest absolute Gasteiger partial charge is 0.349 e. The number of amides is 3. The molecule has 0 radical (unpaired) electrons. The zero-order valence-electron chi connectivity index (χ0n) is 13.1. The minimum absolute atomic E-state index is 0.0100. The van der Waals surface area contributed by atoms with Crippen molar-refractivity contribution in [3.05, 3.63) is 69.3 Å². The van der Waals surface area contributed by atoms with E-state index in [1.165, 1.54) is 24.4 Å². The number of pyridine rings is 1. The number of imide groups is 1. The van der Waals surface area contributed by atoms with Gasteiger partial charge in [0, 0.05) is 18.3 Å². The molecule has 2 heterocycles. The molecule has 3 rings (SSSR count). The molecule has 0 spiro atoms. The van der Waals surface area contributed by atoms with Crippen molar-refractivity contribution in [1.29, 1.82) is 0 Å².